The minimum atomic E-state index is -0.163. The lowest BCUT2D eigenvalue weighted by Gasteiger charge is -2.43. The Kier molecular flexibility index (Phi) is 5.73. The summed E-state index contributed by atoms with van der Waals surface area (Å²) < 4.78 is 1.97. The number of rotatable bonds is 4. The van der Waals surface area contributed by atoms with Crippen LogP contribution < -0.4 is 0 Å². The van der Waals surface area contributed by atoms with Gasteiger partial charge in [-0.25, -0.2) is 4.68 Å². The highest BCUT2D eigenvalue weighted by Gasteiger charge is 2.34. The molecule has 0 radical (unpaired) electrons. The second kappa shape index (κ2) is 8.25. The largest absolute Gasteiger partial charge is 0.298 e. The summed E-state index contributed by atoms with van der Waals surface area (Å²) in [4.78, 5) is 9.62. The molecule has 1 saturated carbocycles. The quantitative estimate of drug-likeness (QED) is 0.809. The Balaban J connectivity index is 1.57. The summed E-state index contributed by atoms with van der Waals surface area (Å²) in [5.41, 5.74) is 0.998. The molecule has 1 aliphatic carbocycles. The maximum atomic E-state index is 4.46. The van der Waals surface area contributed by atoms with Gasteiger partial charge in [0.15, 0.2) is 5.82 Å². The van der Waals surface area contributed by atoms with Gasteiger partial charge in [0, 0.05) is 44.6 Å². The van der Waals surface area contributed by atoms with Gasteiger partial charge in [0.05, 0.1) is 11.6 Å². The van der Waals surface area contributed by atoms with Crippen LogP contribution in [0.4, 0.5) is 0 Å². The lowest BCUT2D eigenvalue weighted by Crippen LogP contribution is -2.52. The summed E-state index contributed by atoms with van der Waals surface area (Å²) in [6, 6.07) is 4.97. The van der Waals surface area contributed by atoms with Crippen LogP contribution in [-0.2, 0) is 5.54 Å². The standard InChI is InChI=1S/C21H33N7/c1-21(2,3)28-20(23-24-25-28)19(17-8-7-11-22-16-17)27-14-12-26(13-15-27)18-9-5-4-6-10-18/h7-8,11,16,18-19H,4-6,9-10,12-15H2,1-3H3/t19-/m0/s1. The van der Waals surface area contributed by atoms with Crippen molar-refractivity contribution in [3.8, 4) is 0 Å². The van der Waals surface area contributed by atoms with E-state index in [0.29, 0.717) is 0 Å². The van der Waals surface area contributed by atoms with Crippen LogP contribution in [0.25, 0.3) is 0 Å². The van der Waals surface area contributed by atoms with Crippen molar-refractivity contribution in [1.82, 2.24) is 35.0 Å². The van der Waals surface area contributed by atoms with Gasteiger partial charge in [-0.05, 0) is 55.7 Å². The van der Waals surface area contributed by atoms with Crippen molar-refractivity contribution >= 4 is 0 Å². The monoisotopic (exact) mass is 383 g/mol. The lowest BCUT2D eigenvalue weighted by molar-refractivity contribution is 0.0608. The second-order valence-corrected chi connectivity index (χ2v) is 9.17. The van der Waals surface area contributed by atoms with Crippen LogP contribution in [0, 0.1) is 0 Å². The van der Waals surface area contributed by atoms with Crippen LogP contribution in [0.5, 0.6) is 0 Å². The maximum Gasteiger partial charge on any atom is 0.173 e. The van der Waals surface area contributed by atoms with E-state index >= 15 is 0 Å². The van der Waals surface area contributed by atoms with E-state index in [-0.39, 0.29) is 11.6 Å². The van der Waals surface area contributed by atoms with E-state index in [1.165, 1.54) is 32.1 Å². The van der Waals surface area contributed by atoms with E-state index in [9.17, 15) is 0 Å². The summed E-state index contributed by atoms with van der Waals surface area (Å²) in [6.07, 6.45) is 10.7. The summed E-state index contributed by atoms with van der Waals surface area (Å²) in [5.74, 6) is 0.909. The van der Waals surface area contributed by atoms with Crippen molar-refractivity contribution in [2.45, 2.75) is 70.5 Å². The van der Waals surface area contributed by atoms with Crippen LogP contribution in [0.2, 0.25) is 0 Å². The zero-order chi connectivity index (χ0) is 19.6. The molecule has 0 unspecified atom stereocenters. The molecule has 0 spiro atoms. The Morgan fingerprint density at radius 2 is 1.79 bits per heavy atom. The van der Waals surface area contributed by atoms with Crippen molar-refractivity contribution < 1.29 is 0 Å². The SMILES string of the molecule is CC(C)(C)n1nnnc1[C@H](c1cccnc1)N1CCN(C2CCCCC2)CC1. The van der Waals surface area contributed by atoms with Crippen molar-refractivity contribution in [3.05, 3.63) is 35.9 Å². The predicted octanol–water partition coefficient (Wildman–Crippen LogP) is 2.86. The normalized spacial score (nSPS) is 21.7. The summed E-state index contributed by atoms with van der Waals surface area (Å²) in [7, 11) is 0. The van der Waals surface area contributed by atoms with Gasteiger partial charge in [0.2, 0.25) is 0 Å². The molecule has 0 amide bonds. The first-order valence-corrected chi connectivity index (χ1v) is 10.7. The Hall–Kier alpha value is -1.86. The summed E-state index contributed by atoms with van der Waals surface area (Å²) >= 11 is 0. The Morgan fingerprint density at radius 1 is 1.04 bits per heavy atom. The van der Waals surface area contributed by atoms with Crippen LogP contribution >= 0.6 is 0 Å². The molecule has 0 aromatic carbocycles. The number of aromatic nitrogens is 5. The third-order valence-corrected chi connectivity index (χ3v) is 6.18. The molecular formula is C21H33N7. The Morgan fingerprint density at radius 3 is 2.43 bits per heavy atom. The molecule has 2 aromatic heterocycles. The molecule has 2 aromatic rings. The summed E-state index contributed by atoms with van der Waals surface area (Å²) in [5, 5.41) is 12.8. The van der Waals surface area contributed by atoms with Crippen LogP contribution in [0.3, 0.4) is 0 Å². The molecule has 4 rings (SSSR count). The van der Waals surface area contributed by atoms with Gasteiger partial charge in [-0.15, -0.1) is 5.10 Å². The fourth-order valence-electron chi connectivity index (χ4n) is 4.71. The van der Waals surface area contributed by atoms with E-state index in [4.69, 9.17) is 0 Å². The van der Waals surface area contributed by atoms with Gasteiger partial charge < -0.3 is 0 Å². The number of hydrogen-bond acceptors (Lipinski definition) is 6. The molecule has 3 heterocycles. The number of piperazine rings is 1. The molecule has 0 bridgehead atoms. The topological polar surface area (TPSA) is 63.0 Å². The average Bonchev–Trinajstić information content (AvgIpc) is 3.20. The highest BCUT2D eigenvalue weighted by atomic mass is 15.6. The third-order valence-electron chi connectivity index (χ3n) is 6.18. The molecule has 1 atom stereocenters. The van der Waals surface area contributed by atoms with E-state index in [1.807, 2.05) is 23.1 Å². The number of nitrogens with zero attached hydrogens (tertiary/aromatic N) is 7. The molecule has 2 fully saturated rings. The minimum absolute atomic E-state index is 0.0384. The molecule has 152 valence electrons. The molecule has 1 aliphatic heterocycles. The Labute approximate surface area is 168 Å². The van der Waals surface area contributed by atoms with Gasteiger partial charge in [0.1, 0.15) is 0 Å². The van der Waals surface area contributed by atoms with Crippen molar-refractivity contribution in [1.29, 1.82) is 0 Å². The van der Waals surface area contributed by atoms with Gasteiger partial charge in [0.25, 0.3) is 0 Å². The van der Waals surface area contributed by atoms with Crippen molar-refractivity contribution in [2.75, 3.05) is 26.2 Å². The zero-order valence-electron chi connectivity index (χ0n) is 17.5. The van der Waals surface area contributed by atoms with Crippen LogP contribution in [0.1, 0.15) is 70.3 Å². The second-order valence-electron chi connectivity index (χ2n) is 9.17. The first kappa shape index (κ1) is 19.5. The highest BCUT2D eigenvalue weighted by molar-refractivity contribution is 5.22. The lowest BCUT2D eigenvalue weighted by atomic mass is 9.93. The molecule has 7 heteroatoms. The maximum absolute atomic E-state index is 4.46. The number of hydrogen-bond donors (Lipinski definition) is 0. The van der Waals surface area contributed by atoms with E-state index < -0.39 is 0 Å². The average molecular weight is 384 g/mol. The zero-order valence-corrected chi connectivity index (χ0v) is 17.5. The van der Waals surface area contributed by atoms with E-state index in [0.717, 1.165) is 43.6 Å². The number of tetrazole rings is 1. The molecule has 28 heavy (non-hydrogen) atoms. The summed E-state index contributed by atoms with van der Waals surface area (Å²) in [6.45, 7) is 10.8. The van der Waals surface area contributed by atoms with Crippen LogP contribution in [0.15, 0.2) is 24.5 Å². The molecule has 2 aliphatic rings. The Bertz CT molecular complexity index is 738. The van der Waals surface area contributed by atoms with Gasteiger partial charge in [-0.3, -0.25) is 14.8 Å². The minimum Gasteiger partial charge on any atom is -0.298 e. The van der Waals surface area contributed by atoms with Crippen LogP contribution in [-0.4, -0.2) is 67.2 Å². The van der Waals surface area contributed by atoms with Gasteiger partial charge >= 0.3 is 0 Å². The fraction of sp³-hybridized carbons (Fsp3) is 0.714. The third kappa shape index (κ3) is 4.10. The smallest absolute Gasteiger partial charge is 0.173 e. The van der Waals surface area contributed by atoms with Gasteiger partial charge in [-0.1, -0.05) is 25.3 Å². The van der Waals surface area contributed by atoms with E-state index in [1.54, 1.807) is 0 Å². The number of pyridine rings is 1. The highest BCUT2D eigenvalue weighted by Crippen LogP contribution is 2.31. The molecule has 0 N–H and O–H groups in total. The molecule has 1 saturated heterocycles. The first-order chi connectivity index (χ1) is 13.5. The van der Waals surface area contributed by atoms with Gasteiger partial charge in [-0.2, -0.15) is 0 Å². The first-order valence-electron chi connectivity index (χ1n) is 10.7. The van der Waals surface area contributed by atoms with Crippen molar-refractivity contribution in [2.24, 2.45) is 0 Å². The van der Waals surface area contributed by atoms with E-state index in [2.05, 4.69) is 57.1 Å². The molecular weight excluding hydrogens is 350 g/mol. The predicted molar refractivity (Wildman–Crippen MR) is 109 cm³/mol. The van der Waals surface area contributed by atoms with Crippen molar-refractivity contribution in [3.63, 3.8) is 0 Å². The fourth-order valence-corrected chi connectivity index (χ4v) is 4.71. The molecule has 7 nitrogen and oxygen atoms in total.